The first kappa shape index (κ1) is 17.7. The van der Waals surface area contributed by atoms with Crippen molar-refractivity contribution in [2.75, 3.05) is 0 Å². The zero-order valence-corrected chi connectivity index (χ0v) is 13.1. The molecule has 0 saturated heterocycles. The molecule has 1 unspecified atom stereocenters. The number of carbonyl (C=O) groups is 3. The molecule has 0 saturated carbocycles. The van der Waals surface area contributed by atoms with E-state index < -0.39 is 23.8 Å². The van der Waals surface area contributed by atoms with Crippen molar-refractivity contribution >= 4 is 17.8 Å². The molecule has 0 aromatic heterocycles. The lowest BCUT2D eigenvalue weighted by Gasteiger charge is -2.21. The molecule has 1 atom stereocenters. The number of nitrogens with two attached hydrogens (primary N) is 1. The molecule has 0 aliphatic heterocycles. The first-order valence-corrected chi connectivity index (χ1v) is 7.04. The molecule has 4 N–H and O–H groups in total. The topological polar surface area (TPSA) is 109 Å². The van der Waals surface area contributed by atoms with Crippen molar-refractivity contribution in [2.24, 2.45) is 11.1 Å². The van der Waals surface area contributed by atoms with Crippen LogP contribution in [0.3, 0.4) is 0 Å². The minimum Gasteiger partial charge on any atom is -0.480 e. The van der Waals surface area contributed by atoms with E-state index in [0.717, 1.165) is 0 Å². The molecule has 0 heterocycles. The van der Waals surface area contributed by atoms with Gasteiger partial charge in [-0.25, -0.2) is 4.79 Å². The van der Waals surface area contributed by atoms with E-state index >= 15 is 0 Å². The average molecular weight is 306 g/mol. The van der Waals surface area contributed by atoms with Crippen molar-refractivity contribution < 1.29 is 19.5 Å². The number of nitrogens with one attached hydrogen (secondary N) is 1. The fourth-order valence-electron chi connectivity index (χ4n) is 1.89. The summed E-state index contributed by atoms with van der Waals surface area (Å²) in [4.78, 5) is 34.5. The minimum atomic E-state index is -1.08. The van der Waals surface area contributed by atoms with Crippen LogP contribution in [0.5, 0.6) is 0 Å². The lowest BCUT2D eigenvalue weighted by Crippen LogP contribution is -2.41. The number of primary amides is 1. The molecular formula is C16H22N2O4. The van der Waals surface area contributed by atoms with Gasteiger partial charge in [-0.15, -0.1) is 0 Å². The Balaban J connectivity index is 2.81. The molecule has 120 valence electrons. The summed E-state index contributed by atoms with van der Waals surface area (Å²) < 4.78 is 0. The SMILES string of the molecule is CC(C)(C)CCC(NC(=O)c1cccc(C(N)=O)c1)C(=O)O. The second kappa shape index (κ2) is 7.06. The smallest absolute Gasteiger partial charge is 0.326 e. The van der Waals surface area contributed by atoms with E-state index in [2.05, 4.69) is 5.32 Å². The maximum Gasteiger partial charge on any atom is 0.326 e. The number of rotatable bonds is 6. The lowest BCUT2D eigenvalue weighted by molar-refractivity contribution is -0.139. The summed E-state index contributed by atoms with van der Waals surface area (Å²) in [5.41, 5.74) is 5.55. The second-order valence-electron chi connectivity index (χ2n) is 6.41. The summed E-state index contributed by atoms with van der Waals surface area (Å²) in [7, 11) is 0. The zero-order valence-electron chi connectivity index (χ0n) is 13.1. The Morgan fingerprint density at radius 1 is 1.23 bits per heavy atom. The van der Waals surface area contributed by atoms with Gasteiger partial charge in [0.1, 0.15) is 6.04 Å². The van der Waals surface area contributed by atoms with E-state index in [1.54, 1.807) is 0 Å². The summed E-state index contributed by atoms with van der Waals surface area (Å²) in [6, 6.07) is 4.90. The molecule has 0 fully saturated rings. The number of aliphatic carboxylic acids is 1. The number of carboxylic acid groups (broad SMARTS) is 1. The van der Waals surface area contributed by atoms with E-state index in [-0.39, 0.29) is 16.5 Å². The molecule has 0 spiro atoms. The van der Waals surface area contributed by atoms with Gasteiger partial charge in [-0.1, -0.05) is 26.8 Å². The Morgan fingerprint density at radius 3 is 2.32 bits per heavy atom. The van der Waals surface area contributed by atoms with Crippen LogP contribution in [0.2, 0.25) is 0 Å². The summed E-state index contributed by atoms with van der Waals surface area (Å²) in [6.07, 6.45) is 0.992. The summed E-state index contributed by atoms with van der Waals surface area (Å²) in [6.45, 7) is 6.01. The zero-order chi connectivity index (χ0) is 16.9. The quantitative estimate of drug-likeness (QED) is 0.744. The number of hydrogen-bond donors (Lipinski definition) is 3. The van der Waals surface area contributed by atoms with E-state index in [9.17, 15) is 19.5 Å². The standard InChI is InChI=1S/C16H22N2O4/c1-16(2,3)8-7-12(15(21)22)18-14(20)11-6-4-5-10(9-11)13(17)19/h4-6,9,12H,7-8H2,1-3H3,(H2,17,19)(H,18,20)(H,21,22). The highest BCUT2D eigenvalue weighted by molar-refractivity contribution is 6.00. The third-order valence-corrected chi connectivity index (χ3v) is 3.20. The Morgan fingerprint density at radius 2 is 1.82 bits per heavy atom. The maximum atomic E-state index is 12.1. The van der Waals surface area contributed by atoms with Gasteiger partial charge < -0.3 is 16.2 Å². The molecule has 0 radical (unpaired) electrons. The Hall–Kier alpha value is -2.37. The first-order chi connectivity index (χ1) is 10.1. The molecule has 0 aliphatic carbocycles. The Bertz CT molecular complexity index is 576. The van der Waals surface area contributed by atoms with Crippen LogP contribution in [-0.4, -0.2) is 28.9 Å². The van der Waals surface area contributed by atoms with Crippen LogP contribution in [0.25, 0.3) is 0 Å². The average Bonchev–Trinajstić information content (AvgIpc) is 2.41. The van der Waals surface area contributed by atoms with Crippen molar-refractivity contribution in [3.8, 4) is 0 Å². The highest BCUT2D eigenvalue weighted by Gasteiger charge is 2.23. The monoisotopic (exact) mass is 306 g/mol. The van der Waals surface area contributed by atoms with Crippen LogP contribution in [0.15, 0.2) is 24.3 Å². The van der Waals surface area contributed by atoms with Crippen molar-refractivity contribution in [3.63, 3.8) is 0 Å². The van der Waals surface area contributed by atoms with Crippen LogP contribution < -0.4 is 11.1 Å². The Labute approximate surface area is 129 Å². The largest absolute Gasteiger partial charge is 0.480 e. The normalized spacial score (nSPS) is 12.5. The molecule has 0 bridgehead atoms. The third-order valence-electron chi connectivity index (χ3n) is 3.20. The van der Waals surface area contributed by atoms with Gasteiger partial charge in [0.05, 0.1) is 0 Å². The summed E-state index contributed by atoms with van der Waals surface area (Å²) in [5.74, 6) is -2.26. The van der Waals surface area contributed by atoms with Crippen LogP contribution >= 0.6 is 0 Å². The molecule has 1 rings (SSSR count). The number of amides is 2. The van der Waals surface area contributed by atoms with Gasteiger partial charge >= 0.3 is 5.97 Å². The predicted octanol–water partition coefficient (Wildman–Crippen LogP) is 1.79. The molecule has 6 nitrogen and oxygen atoms in total. The van der Waals surface area contributed by atoms with E-state index in [1.165, 1.54) is 24.3 Å². The molecule has 22 heavy (non-hydrogen) atoms. The fraction of sp³-hybridized carbons (Fsp3) is 0.438. The molecule has 1 aromatic carbocycles. The number of benzene rings is 1. The van der Waals surface area contributed by atoms with Crippen LogP contribution in [0.4, 0.5) is 0 Å². The van der Waals surface area contributed by atoms with Gasteiger partial charge in [0.15, 0.2) is 0 Å². The van der Waals surface area contributed by atoms with Crippen molar-refractivity contribution in [1.29, 1.82) is 0 Å². The second-order valence-corrected chi connectivity index (χ2v) is 6.41. The van der Waals surface area contributed by atoms with Crippen LogP contribution in [0, 0.1) is 5.41 Å². The fourth-order valence-corrected chi connectivity index (χ4v) is 1.89. The molecule has 0 aliphatic rings. The highest BCUT2D eigenvalue weighted by atomic mass is 16.4. The van der Waals surface area contributed by atoms with Crippen molar-refractivity contribution in [2.45, 2.75) is 39.7 Å². The molecule has 1 aromatic rings. The Kier molecular flexibility index (Phi) is 5.68. The van der Waals surface area contributed by atoms with Gasteiger partial charge in [-0.05, 0) is 36.5 Å². The third kappa shape index (κ3) is 5.55. The molecular weight excluding hydrogens is 284 g/mol. The molecule has 6 heteroatoms. The van der Waals surface area contributed by atoms with Crippen molar-refractivity contribution in [3.05, 3.63) is 35.4 Å². The molecule has 2 amide bonds. The van der Waals surface area contributed by atoms with Gasteiger partial charge in [0.2, 0.25) is 5.91 Å². The van der Waals surface area contributed by atoms with Crippen LogP contribution in [-0.2, 0) is 4.79 Å². The van der Waals surface area contributed by atoms with Gasteiger partial charge in [-0.3, -0.25) is 9.59 Å². The first-order valence-electron chi connectivity index (χ1n) is 7.04. The lowest BCUT2D eigenvalue weighted by atomic mass is 9.88. The van der Waals surface area contributed by atoms with E-state index in [1.807, 2.05) is 20.8 Å². The number of hydrogen-bond acceptors (Lipinski definition) is 3. The van der Waals surface area contributed by atoms with Gasteiger partial charge in [0, 0.05) is 11.1 Å². The number of carbonyl (C=O) groups excluding carboxylic acids is 2. The maximum absolute atomic E-state index is 12.1. The summed E-state index contributed by atoms with van der Waals surface area (Å²) >= 11 is 0. The van der Waals surface area contributed by atoms with Crippen LogP contribution in [0.1, 0.15) is 54.3 Å². The van der Waals surface area contributed by atoms with E-state index in [4.69, 9.17) is 5.73 Å². The van der Waals surface area contributed by atoms with Gasteiger partial charge in [-0.2, -0.15) is 0 Å². The highest BCUT2D eigenvalue weighted by Crippen LogP contribution is 2.21. The number of carboxylic acids is 1. The van der Waals surface area contributed by atoms with E-state index in [0.29, 0.717) is 12.8 Å². The summed E-state index contributed by atoms with van der Waals surface area (Å²) in [5, 5.41) is 11.7. The van der Waals surface area contributed by atoms with Gasteiger partial charge in [0.25, 0.3) is 5.91 Å². The van der Waals surface area contributed by atoms with Crippen molar-refractivity contribution in [1.82, 2.24) is 5.32 Å². The predicted molar refractivity (Wildman–Crippen MR) is 82.5 cm³/mol. The minimum absolute atomic E-state index is 0.0235.